The average Bonchev–Trinajstić information content (AvgIpc) is 3.55. The third-order valence-corrected chi connectivity index (χ3v) is 9.61. The van der Waals surface area contributed by atoms with Crippen LogP contribution >= 0.6 is 0 Å². The summed E-state index contributed by atoms with van der Waals surface area (Å²) < 4.78 is 38.5. The molecule has 2 amide bonds. The number of carboxylic acids is 1. The fourth-order valence-corrected chi connectivity index (χ4v) is 6.79. The van der Waals surface area contributed by atoms with E-state index in [1.165, 1.54) is 41.3 Å². The van der Waals surface area contributed by atoms with Crippen LogP contribution in [0, 0.1) is 17.6 Å². The lowest BCUT2D eigenvalue weighted by Crippen LogP contribution is -2.55. The van der Waals surface area contributed by atoms with E-state index in [1.807, 2.05) is 24.3 Å². The van der Waals surface area contributed by atoms with Gasteiger partial charge >= 0.3 is 5.97 Å². The average molecular weight is 649 g/mol. The largest absolute Gasteiger partial charge is 0.480 e. The van der Waals surface area contributed by atoms with Gasteiger partial charge in [-0.2, -0.15) is 0 Å². The van der Waals surface area contributed by atoms with Gasteiger partial charge in [0.05, 0.1) is 31.3 Å². The number of benzene rings is 3. The number of aliphatic hydroxyl groups is 1. The second-order valence-electron chi connectivity index (χ2n) is 12.7. The Kier molecular flexibility index (Phi) is 9.67. The molecule has 0 unspecified atom stereocenters. The van der Waals surface area contributed by atoms with Crippen LogP contribution in [-0.2, 0) is 30.3 Å². The standard InChI is InChI=1S/C36H38F2N2O7/c37-26-9-7-24(8-10-26)31(41)16-15-29-33(40(34(29)43)28-13-11-27(38)12-14-28)25-5-3-23(4-6-25)17-18-36(21-46-22-36)47-20-32(42)39-19-1-2-30(39)35(44)45/h3-14,29-31,33,41H,1-2,15-22H2,(H,44,45)/t29-,30-,31+,33-/m1/s1. The molecule has 11 heteroatoms. The highest BCUT2D eigenvalue weighted by atomic mass is 19.1. The van der Waals surface area contributed by atoms with E-state index in [4.69, 9.17) is 9.47 Å². The number of carbonyl (C=O) groups excluding carboxylic acids is 2. The predicted molar refractivity (Wildman–Crippen MR) is 167 cm³/mol. The number of aryl methyl sites for hydroxylation is 1. The van der Waals surface area contributed by atoms with Crippen molar-refractivity contribution in [1.29, 1.82) is 0 Å². The maximum atomic E-state index is 13.7. The third-order valence-electron chi connectivity index (χ3n) is 9.61. The number of aliphatic carboxylic acids is 1. The minimum Gasteiger partial charge on any atom is -0.480 e. The minimum atomic E-state index is -0.998. The van der Waals surface area contributed by atoms with Gasteiger partial charge in [0.25, 0.3) is 0 Å². The van der Waals surface area contributed by atoms with E-state index in [-0.39, 0.29) is 30.3 Å². The zero-order chi connectivity index (χ0) is 33.1. The number of hydrogen-bond donors (Lipinski definition) is 2. The van der Waals surface area contributed by atoms with E-state index < -0.39 is 35.5 Å². The number of carboxylic acid groups (broad SMARTS) is 1. The fraction of sp³-hybridized carbons (Fsp3) is 0.417. The highest BCUT2D eigenvalue weighted by Gasteiger charge is 2.48. The highest BCUT2D eigenvalue weighted by molar-refractivity contribution is 6.03. The van der Waals surface area contributed by atoms with Gasteiger partial charge in [0.15, 0.2) is 0 Å². The number of β-lactam (4-membered cyclic amide) rings is 1. The number of likely N-dealkylation sites (tertiary alicyclic amines) is 1. The Labute approximate surface area is 271 Å². The predicted octanol–water partition coefficient (Wildman–Crippen LogP) is 4.98. The van der Waals surface area contributed by atoms with E-state index in [9.17, 15) is 33.4 Å². The molecule has 3 saturated heterocycles. The summed E-state index contributed by atoms with van der Waals surface area (Å²) in [5.41, 5.74) is 2.48. The van der Waals surface area contributed by atoms with Crippen LogP contribution in [0.4, 0.5) is 14.5 Å². The van der Waals surface area contributed by atoms with Gasteiger partial charge in [-0.05, 0) is 91.6 Å². The number of aliphatic hydroxyl groups excluding tert-OH is 1. The van der Waals surface area contributed by atoms with Crippen molar-refractivity contribution in [2.24, 2.45) is 5.92 Å². The molecule has 3 fully saturated rings. The molecule has 0 saturated carbocycles. The van der Waals surface area contributed by atoms with Crippen molar-refractivity contribution in [2.45, 2.75) is 62.3 Å². The van der Waals surface area contributed by atoms with Crippen LogP contribution in [0.5, 0.6) is 0 Å². The molecule has 0 aliphatic carbocycles. The maximum Gasteiger partial charge on any atom is 0.326 e. The maximum absolute atomic E-state index is 13.7. The van der Waals surface area contributed by atoms with E-state index >= 15 is 0 Å². The second-order valence-corrected chi connectivity index (χ2v) is 12.7. The zero-order valence-corrected chi connectivity index (χ0v) is 25.9. The normalized spacial score (nSPS) is 22.4. The number of amides is 2. The lowest BCUT2D eigenvalue weighted by atomic mass is 9.78. The summed E-state index contributed by atoms with van der Waals surface area (Å²) in [6, 6.07) is 18.3. The molecular formula is C36H38F2N2O7. The zero-order valence-electron chi connectivity index (χ0n) is 25.9. The topological polar surface area (TPSA) is 117 Å². The van der Waals surface area contributed by atoms with Crippen LogP contribution < -0.4 is 4.90 Å². The minimum absolute atomic E-state index is 0.112. The molecule has 9 nitrogen and oxygen atoms in total. The molecule has 2 N–H and O–H groups in total. The smallest absolute Gasteiger partial charge is 0.326 e. The van der Waals surface area contributed by atoms with Gasteiger partial charge in [-0.15, -0.1) is 0 Å². The summed E-state index contributed by atoms with van der Waals surface area (Å²) in [6.45, 7) is 0.917. The number of ether oxygens (including phenoxy) is 2. The van der Waals surface area contributed by atoms with Crippen molar-refractivity contribution in [2.75, 3.05) is 31.3 Å². The van der Waals surface area contributed by atoms with Crippen LogP contribution in [0.15, 0.2) is 72.8 Å². The molecular weight excluding hydrogens is 610 g/mol. The molecule has 0 aromatic heterocycles. The Morgan fingerprint density at radius 2 is 1.64 bits per heavy atom. The first-order valence-electron chi connectivity index (χ1n) is 16.0. The van der Waals surface area contributed by atoms with Crippen molar-refractivity contribution >= 4 is 23.5 Å². The Hall–Kier alpha value is -4.19. The number of nitrogens with zero attached hydrogens (tertiary/aromatic N) is 2. The van der Waals surface area contributed by atoms with Crippen LogP contribution in [0.3, 0.4) is 0 Å². The first-order valence-corrected chi connectivity index (χ1v) is 16.0. The summed E-state index contributed by atoms with van der Waals surface area (Å²) in [5, 5.41) is 20.1. The molecule has 3 aliphatic heterocycles. The van der Waals surface area contributed by atoms with Crippen LogP contribution in [0.1, 0.15) is 60.9 Å². The van der Waals surface area contributed by atoms with Crippen molar-refractivity contribution in [3.8, 4) is 0 Å². The van der Waals surface area contributed by atoms with Gasteiger partial charge in [0, 0.05) is 12.2 Å². The van der Waals surface area contributed by atoms with Gasteiger partial charge in [0.2, 0.25) is 11.8 Å². The van der Waals surface area contributed by atoms with Gasteiger partial charge in [0.1, 0.15) is 29.9 Å². The third kappa shape index (κ3) is 7.07. The monoisotopic (exact) mass is 648 g/mol. The van der Waals surface area contributed by atoms with Crippen molar-refractivity contribution in [3.05, 3.63) is 101 Å². The Balaban J connectivity index is 1.10. The number of hydrogen-bond acceptors (Lipinski definition) is 6. The molecule has 6 rings (SSSR count). The van der Waals surface area contributed by atoms with E-state index in [0.717, 1.165) is 11.1 Å². The van der Waals surface area contributed by atoms with E-state index in [0.29, 0.717) is 69.5 Å². The Bertz CT molecular complexity index is 1580. The fourth-order valence-electron chi connectivity index (χ4n) is 6.79. The van der Waals surface area contributed by atoms with Crippen molar-refractivity contribution in [3.63, 3.8) is 0 Å². The summed E-state index contributed by atoms with van der Waals surface area (Å²) in [4.78, 5) is 40.7. The molecule has 3 aliphatic rings. The SMILES string of the molecule is O=C(O)[C@H]1CCCN1C(=O)COC1(CCc2ccc([C@@H]3[C@@H](CC[C@H](O)c4ccc(F)cc4)C(=O)N3c3ccc(F)cc3)cc2)COC1. The van der Waals surface area contributed by atoms with Crippen molar-refractivity contribution < 1.29 is 42.9 Å². The highest BCUT2D eigenvalue weighted by Crippen LogP contribution is 2.46. The van der Waals surface area contributed by atoms with E-state index in [2.05, 4.69) is 0 Å². The van der Waals surface area contributed by atoms with Gasteiger partial charge in [-0.1, -0.05) is 36.4 Å². The molecule has 0 spiro atoms. The van der Waals surface area contributed by atoms with Crippen LogP contribution in [0.25, 0.3) is 0 Å². The molecule has 248 valence electrons. The van der Waals surface area contributed by atoms with Gasteiger partial charge < -0.3 is 29.5 Å². The Morgan fingerprint density at radius 3 is 2.26 bits per heavy atom. The van der Waals surface area contributed by atoms with Crippen molar-refractivity contribution in [1.82, 2.24) is 4.90 Å². The summed E-state index contributed by atoms with van der Waals surface area (Å²) in [6.07, 6.45) is 2.23. The summed E-state index contributed by atoms with van der Waals surface area (Å²) in [7, 11) is 0. The number of rotatable bonds is 13. The summed E-state index contributed by atoms with van der Waals surface area (Å²) >= 11 is 0. The number of carbonyl (C=O) groups is 3. The quantitative estimate of drug-likeness (QED) is 0.251. The van der Waals surface area contributed by atoms with Crippen LogP contribution in [-0.4, -0.2) is 70.9 Å². The lowest BCUT2D eigenvalue weighted by Gasteiger charge is -2.48. The molecule has 47 heavy (non-hydrogen) atoms. The number of anilines is 1. The van der Waals surface area contributed by atoms with E-state index in [1.54, 1.807) is 17.0 Å². The first-order chi connectivity index (χ1) is 22.6. The number of halogens is 2. The Morgan fingerprint density at radius 1 is 0.979 bits per heavy atom. The molecule has 3 aromatic carbocycles. The molecule has 4 atom stereocenters. The lowest BCUT2D eigenvalue weighted by molar-refractivity contribution is -0.214. The molecule has 0 bridgehead atoms. The first kappa shape index (κ1) is 32.7. The molecule has 3 heterocycles. The summed E-state index contributed by atoms with van der Waals surface area (Å²) in [5.74, 6) is -2.63. The molecule has 3 aromatic rings. The van der Waals surface area contributed by atoms with Gasteiger partial charge in [-0.25, -0.2) is 13.6 Å². The van der Waals surface area contributed by atoms with Gasteiger partial charge in [-0.3, -0.25) is 9.59 Å². The second kappa shape index (κ2) is 13.9. The molecule has 0 radical (unpaired) electrons. The van der Waals surface area contributed by atoms with Crippen LogP contribution in [0.2, 0.25) is 0 Å².